The third-order valence-electron chi connectivity index (χ3n) is 3.75. The molecule has 0 amide bonds. The van der Waals surface area contributed by atoms with Gasteiger partial charge in [0.15, 0.2) is 5.96 Å². The predicted octanol–water partition coefficient (Wildman–Crippen LogP) is 2.49. The van der Waals surface area contributed by atoms with Crippen LogP contribution in [0.4, 0.5) is 5.69 Å². The molecule has 0 spiro atoms. The molecule has 0 radical (unpaired) electrons. The summed E-state index contributed by atoms with van der Waals surface area (Å²) in [5, 5.41) is 0.686. The summed E-state index contributed by atoms with van der Waals surface area (Å²) < 4.78 is 0. The number of anilines is 1. The van der Waals surface area contributed by atoms with Gasteiger partial charge in [-0.25, -0.2) is 0 Å². The fourth-order valence-electron chi connectivity index (χ4n) is 2.75. The van der Waals surface area contributed by atoms with E-state index in [2.05, 4.69) is 21.9 Å². The molecule has 1 aromatic carbocycles. The molecule has 21 heavy (non-hydrogen) atoms. The number of rotatable bonds is 2. The molecule has 2 N–H and O–H groups in total. The highest BCUT2D eigenvalue weighted by Gasteiger charge is 2.43. The lowest BCUT2D eigenvalue weighted by Gasteiger charge is -2.36. The summed E-state index contributed by atoms with van der Waals surface area (Å²) in [4.78, 5) is 15.2. The van der Waals surface area contributed by atoms with E-state index in [1.54, 1.807) is 12.4 Å². The molecule has 2 aromatic rings. The largest absolute Gasteiger partial charge is 0.369 e. The summed E-state index contributed by atoms with van der Waals surface area (Å²) >= 11 is 5.97. The lowest BCUT2D eigenvalue weighted by atomic mass is 9.94. The van der Waals surface area contributed by atoms with Gasteiger partial charge in [0.1, 0.15) is 5.54 Å². The molecular formula is C15H16ClN5. The van der Waals surface area contributed by atoms with Crippen molar-refractivity contribution in [3.05, 3.63) is 53.1 Å². The monoisotopic (exact) mass is 301 g/mol. The second-order valence-electron chi connectivity index (χ2n) is 5.25. The summed E-state index contributed by atoms with van der Waals surface area (Å²) in [6.45, 7) is 4.56. The number of aromatic nitrogens is 2. The van der Waals surface area contributed by atoms with Crippen molar-refractivity contribution < 1.29 is 0 Å². The number of benzene rings is 1. The first-order chi connectivity index (χ1) is 10.0. The molecule has 0 bridgehead atoms. The van der Waals surface area contributed by atoms with Gasteiger partial charge >= 0.3 is 0 Å². The average molecular weight is 302 g/mol. The van der Waals surface area contributed by atoms with Crippen molar-refractivity contribution in [1.29, 1.82) is 0 Å². The zero-order chi connectivity index (χ0) is 15.0. The second-order valence-corrected chi connectivity index (χ2v) is 5.69. The van der Waals surface area contributed by atoms with Crippen LogP contribution in [0, 0.1) is 6.92 Å². The first-order valence-electron chi connectivity index (χ1n) is 6.66. The highest BCUT2D eigenvalue weighted by atomic mass is 35.5. The van der Waals surface area contributed by atoms with Crippen molar-refractivity contribution in [2.24, 2.45) is 10.7 Å². The molecular weight excluding hydrogens is 286 g/mol. The van der Waals surface area contributed by atoms with Crippen LogP contribution >= 0.6 is 11.6 Å². The number of halogens is 1. The van der Waals surface area contributed by atoms with Crippen molar-refractivity contribution >= 4 is 23.2 Å². The molecule has 1 aliphatic heterocycles. The first kappa shape index (κ1) is 13.8. The van der Waals surface area contributed by atoms with Gasteiger partial charge in [0.2, 0.25) is 0 Å². The van der Waals surface area contributed by atoms with E-state index in [4.69, 9.17) is 17.3 Å². The molecule has 5 nitrogen and oxygen atoms in total. The van der Waals surface area contributed by atoms with Gasteiger partial charge in [-0.15, -0.1) is 0 Å². The standard InChI is InChI=1S/C15H16ClN5/c1-10-13(19-8-7-18-10)15(2)9-20-14(17)21(15)12-5-3-11(16)4-6-12/h3-8H,9H2,1-2H3,(H2,17,20). The van der Waals surface area contributed by atoms with Crippen LogP contribution in [0.3, 0.4) is 0 Å². The normalized spacial score (nSPS) is 21.5. The van der Waals surface area contributed by atoms with Crippen LogP contribution in [-0.2, 0) is 5.54 Å². The lowest BCUT2D eigenvalue weighted by molar-refractivity contribution is 0.508. The number of aryl methyl sites for hydroxylation is 1. The Bertz CT molecular complexity index is 697. The van der Waals surface area contributed by atoms with Crippen molar-refractivity contribution in [2.75, 3.05) is 11.4 Å². The van der Waals surface area contributed by atoms with Crippen molar-refractivity contribution in [1.82, 2.24) is 9.97 Å². The van der Waals surface area contributed by atoms with E-state index in [1.165, 1.54) is 0 Å². The average Bonchev–Trinajstić information content (AvgIpc) is 2.77. The third-order valence-corrected chi connectivity index (χ3v) is 4.00. The minimum atomic E-state index is -0.448. The quantitative estimate of drug-likeness (QED) is 0.925. The predicted molar refractivity (Wildman–Crippen MR) is 84.5 cm³/mol. The molecule has 0 aliphatic carbocycles. The zero-order valence-electron chi connectivity index (χ0n) is 11.9. The number of hydrogen-bond donors (Lipinski definition) is 1. The molecule has 1 unspecified atom stereocenters. The topological polar surface area (TPSA) is 67.4 Å². The number of nitrogens with zero attached hydrogens (tertiary/aromatic N) is 4. The van der Waals surface area contributed by atoms with E-state index < -0.39 is 5.54 Å². The molecule has 1 aliphatic rings. The Morgan fingerprint density at radius 3 is 2.52 bits per heavy atom. The smallest absolute Gasteiger partial charge is 0.196 e. The van der Waals surface area contributed by atoms with Gasteiger partial charge in [-0.05, 0) is 38.1 Å². The van der Waals surface area contributed by atoms with Gasteiger partial charge in [-0.2, -0.15) is 0 Å². The van der Waals surface area contributed by atoms with Crippen LogP contribution in [0.25, 0.3) is 0 Å². The lowest BCUT2D eigenvalue weighted by Crippen LogP contribution is -2.48. The highest BCUT2D eigenvalue weighted by molar-refractivity contribution is 6.30. The van der Waals surface area contributed by atoms with Crippen molar-refractivity contribution in [3.8, 4) is 0 Å². The fourth-order valence-corrected chi connectivity index (χ4v) is 2.88. The minimum Gasteiger partial charge on any atom is -0.369 e. The van der Waals surface area contributed by atoms with Crippen LogP contribution < -0.4 is 10.6 Å². The fraction of sp³-hybridized carbons (Fsp3) is 0.267. The van der Waals surface area contributed by atoms with Crippen molar-refractivity contribution in [2.45, 2.75) is 19.4 Å². The van der Waals surface area contributed by atoms with Crippen molar-refractivity contribution in [3.63, 3.8) is 0 Å². The van der Waals surface area contributed by atoms with Gasteiger partial charge in [0.05, 0.1) is 17.9 Å². The Labute approximate surface area is 128 Å². The van der Waals surface area contributed by atoms with Crippen LogP contribution in [0.2, 0.25) is 5.02 Å². The molecule has 6 heteroatoms. The number of guanidine groups is 1. The summed E-state index contributed by atoms with van der Waals surface area (Å²) in [7, 11) is 0. The van der Waals surface area contributed by atoms with Crippen LogP contribution in [0.15, 0.2) is 41.7 Å². The Kier molecular flexibility index (Phi) is 3.29. The van der Waals surface area contributed by atoms with E-state index in [1.807, 2.05) is 36.1 Å². The Balaban J connectivity index is 2.10. The van der Waals surface area contributed by atoms with E-state index in [-0.39, 0.29) is 0 Å². The third kappa shape index (κ3) is 2.23. The highest BCUT2D eigenvalue weighted by Crippen LogP contribution is 2.36. The molecule has 1 atom stereocenters. The SMILES string of the molecule is Cc1nccnc1C1(C)CN=C(N)N1c1ccc(Cl)cc1. The Morgan fingerprint density at radius 2 is 1.86 bits per heavy atom. The molecule has 2 heterocycles. The summed E-state index contributed by atoms with van der Waals surface area (Å²) in [5.74, 6) is 0.477. The van der Waals surface area contributed by atoms with Crippen LogP contribution in [-0.4, -0.2) is 22.5 Å². The van der Waals surface area contributed by atoms with Gasteiger partial charge in [-0.3, -0.25) is 19.9 Å². The second kappa shape index (κ2) is 5.00. The molecule has 0 saturated carbocycles. The van der Waals surface area contributed by atoms with E-state index in [0.717, 1.165) is 17.1 Å². The summed E-state index contributed by atoms with van der Waals surface area (Å²) in [6.07, 6.45) is 3.39. The molecule has 108 valence electrons. The van der Waals surface area contributed by atoms with Gasteiger partial charge < -0.3 is 5.73 Å². The molecule has 1 aromatic heterocycles. The summed E-state index contributed by atoms with van der Waals surface area (Å²) in [5.41, 5.74) is 8.35. The molecule has 0 saturated heterocycles. The maximum Gasteiger partial charge on any atom is 0.196 e. The maximum absolute atomic E-state index is 6.11. The van der Waals surface area contributed by atoms with Gasteiger partial charge in [0, 0.05) is 23.1 Å². The summed E-state index contributed by atoms with van der Waals surface area (Å²) in [6, 6.07) is 7.54. The zero-order valence-corrected chi connectivity index (χ0v) is 12.7. The van der Waals surface area contributed by atoms with E-state index in [9.17, 15) is 0 Å². The van der Waals surface area contributed by atoms with Gasteiger partial charge in [-0.1, -0.05) is 11.6 Å². The Hall–Kier alpha value is -2.14. The van der Waals surface area contributed by atoms with Crippen LogP contribution in [0.1, 0.15) is 18.3 Å². The van der Waals surface area contributed by atoms with Gasteiger partial charge in [0.25, 0.3) is 0 Å². The maximum atomic E-state index is 6.11. The minimum absolute atomic E-state index is 0.448. The number of hydrogen-bond acceptors (Lipinski definition) is 5. The van der Waals surface area contributed by atoms with E-state index >= 15 is 0 Å². The molecule has 0 fully saturated rings. The Morgan fingerprint density at radius 1 is 1.19 bits per heavy atom. The van der Waals surface area contributed by atoms with E-state index in [0.29, 0.717) is 17.5 Å². The number of aliphatic imine (C=N–C) groups is 1. The first-order valence-corrected chi connectivity index (χ1v) is 7.04. The number of nitrogens with two attached hydrogens (primary N) is 1. The van der Waals surface area contributed by atoms with Crippen LogP contribution in [0.5, 0.6) is 0 Å². The molecule has 3 rings (SSSR count).